The Balaban J connectivity index is 1.91. The minimum absolute atomic E-state index is 0.696. The molecule has 3 aromatic rings. The highest BCUT2D eigenvalue weighted by molar-refractivity contribution is 6.30. The molecule has 0 saturated carbocycles. The van der Waals surface area contributed by atoms with Gasteiger partial charge in [0, 0.05) is 11.1 Å². The van der Waals surface area contributed by atoms with E-state index >= 15 is 0 Å². The van der Waals surface area contributed by atoms with E-state index in [4.69, 9.17) is 16.3 Å². The molecule has 0 bridgehead atoms. The maximum atomic E-state index is 5.81. The lowest BCUT2D eigenvalue weighted by Gasteiger charge is -2.05. The van der Waals surface area contributed by atoms with Crippen LogP contribution < -0.4 is 4.74 Å². The zero-order valence-electron chi connectivity index (χ0n) is 8.85. The Bertz CT molecular complexity index is 646. The number of aromatic amines is 1. The second kappa shape index (κ2) is 4.11. The fraction of sp³-hybridized carbons (Fsp3) is 0. The van der Waals surface area contributed by atoms with Crippen LogP contribution in [0.15, 0.2) is 48.8 Å². The molecule has 84 valence electrons. The molecule has 0 unspecified atom stereocenters. The standard InChI is InChI=1S/C13H9ClN2O/c14-9-1-3-10(4-2-9)17-11-5-6-12-13(7-11)16-8-15-12/h1-8H,(H,15,16). The normalized spacial score (nSPS) is 10.6. The minimum Gasteiger partial charge on any atom is -0.457 e. The summed E-state index contributed by atoms with van der Waals surface area (Å²) in [5, 5.41) is 0.696. The number of aromatic nitrogens is 2. The maximum absolute atomic E-state index is 5.81. The monoisotopic (exact) mass is 244 g/mol. The van der Waals surface area contributed by atoms with Crippen LogP contribution >= 0.6 is 11.6 Å². The fourth-order valence-corrected chi connectivity index (χ4v) is 1.74. The first kappa shape index (κ1) is 10.2. The van der Waals surface area contributed by atoms with E-state index in [1.165, 1.54) is 0 Å². The second-order valence-electron chi connectivity index (χ2n) is 3.64. The third kappa shape index (κ3) is 2.10. The van der Waals surface area contributed by atoms with Gasteiger partial charge in [0.05, 0.1) is 17.4 Å². The van der Waals surface area contributed by atoms with Crippen molar-refractivity contribution in [2.75, 3.05) is 0 Å². The van der Waals surface area contributed by atoms with Gasteiger partial charge < -0.3 is 9.72 Å². The van der Waals surface area contributed by atoms with Crippen LogP contribution in [0, 0.1) is 0 Å². The summed E-state index contributed by atoms with van der Waals surface area (Å²) in [6, 6.07) is 13.0. The smallest absolute Gasteiger partial charge is 0.129 e. The summed E-state index contributed by atoms with van der Waals surface area (Å²) < 4.78 is 5.70. The van der Waals surface area contributed by atoms with Crippen molar-refractivity contribution in [1.82, 2.24) is 9.97 Å². The minimum atomic E-state index is 0.696. The molecule has 0 aliphatic carbocycles. The average molecular weight is 245 g/mol. The largest absolute Gasteiger partial charge is 0.457 e. The number of fused-ring (bicyclic) bond motifs is 1. The molecule has 0 atom stereocenters. The predicted molar refractivity (Wildman–Crippen MR) is 67.6 cm³/mol. The second-order valence-corrected chi connectivity index (χ2v) is 4.07. The van der Waals surface area contributed by atoms with Crippen molar-refractivity contribution in [2.45, 2.75) is 0 Å². The van der Waals surface area contributed by atoms with E-state index in [2.05, 4.69) is 9.97 Å². The average Bonchev–Trinajstić information content (AvgIpc) is 2.79. The molecule has 4 heteroatoms. The number of nitrogens with zero attached hydrogens (tertiary/aromatic N) is 1. The number of nitrogens with one attached hydrogen (secondary N) is 1. The SMILES string of the molecule is Clc1ccc(Oc2ccc3nc[nH]c3c2)cc1. The number of rotatable bonds is 2. The van der Waals surface area contributed by atoms with Crippen LogP contribution in [0.25, 0.3) is 11.0 Å². The summed E-state index contributed by atoms with van der Waals surface area (Å²) in [6.45, 7) is 0. The highest BCUT2D eigenvalue weighted by Gasteiger charge is 2.00. The highest BCUT2D eigenvalue weighted by Crippen LogP contribution is 2.25. The first-order valence-corrected chi connectivity index (χ1v) is 5.56. The van der Waals surface area contributed by atoms with Crippen LogP contribution in [0.5, 0.6) is 11.5 Å². The van der Waals surface area contributed by atoms with E-state index in [0.29, 0.717) is 5.02 Å². The molecular formula is C13H9ClN2O. The Morgan fingerprint density at radius 1 is 1.00 bits per heavy atom. The molecule has 1 aromatic heterocycles. The summed E-state index contributed by atoms with van der Waals surface area (Å²) in [7, 11) is 0. The lowest BCUT2D eigenvalue weighted by Crippen LogP contribution is -1.83. The van der Waals surface area contributed by atoms with Crippen LogP contribution in [0.1, 0.15) is 0 Å². The first-order valence-electron chi connectivity index (χ1n) is 5.18. The molecule has 3 rings (SSSR count). The van der Waals surface area contributed by atoms with Crippen molar-refractivity contribution in [2.24, 2.45) is 0 Å². The number of hydrogen-bond acceptors (Lipinski definition) is 2. The van der Waals surface area contributed by atoms with E-state index in [9.17, 15) is 0 Å². The molecule has 3 nitrogen and oxygen atoms in total. The molecule has 1 heterocycles. The van der Waals surface area contributed by atoms with Gasteiger partial charge in [0.1, 0.15) is 11.5 Å². The molecule has 0 radical (unpaired) electrons. The van der Waals surface area contributed by atoms with Crippen LogP contribution in [-0.4, -0.2) is 9.97 Å². The van der Waals surface area contributed by atoms with Crippen molar-refractivity contribution >= 4 is 22.6 Å². The Labute approximate surface area is 103 Å². The summed E-state index contributed by atoms with van der Waals surface area (Å²) in [5.41, 5.74) is 1.88. The Morgan fingerprint density at radius 3 is 2.59 bits per heavy atom. The summed E-state index contributed by atoms with van der Waals surface area (Å²) in [5.74, 6) is 1.53. The number of hydrogen-bond donors (Lipinski definition) is 1. The molecule has 2 aromatic carbocycles. The lowest BCUT2D eigenvalue weighted by molar-refractivity contribution is 0.483. The topological polar surface area (TPSA) is 37.9 Å². The quantitative estimate of drug-likeness (QED) is 0.740. The van der Waals surface area contributed by atoms with Gasteiger partial charge in [-0.2, -0.15) is 0 Å². The van der Waals surface area contributed by atoms with Gasteiger partial charge in [0.15, 0.2) is 0 Å². The lowest BCUT2D eigenvalue weighted by atomic mass is 10.3. The van der Waals surface area contributed by atoms with Crippen molar-refractivity contribution in [3.63, 3.8) is 0 Å². The van der Waals surface area contributed by atoms with E-state index in [1.54, 1.807) is 18.5 Å². The number of ether oxygens (including phenoxy) is 1. The molecule has 0 amide bonds. The Kier molecular flexibility index (Phi) is 2.46. The number of benzene rings is 2. The van der Waals surface area contributed by atoms with Crippen molar-refractivity contribution in [1.29, 1.82) is 0 Å². The molecule has 17 heavy (non-hydrogen) atoms. The number of halogens is 1. The van der Waals surface area contributed by atoms with Crippen molar-refractivity contribution < 1.29 is 4.74 Å². The maximum Gasteiger partial charge on any atom is 0.129 e. The summed E-state index contributed by atoms with van der Waals surface area (Å²) in [6.07, 6.45) is 1.66. The highest BCUT2D eigenvalue weighted by atomic mass is 35.5. The third-order valence-corrected chi connectivity index (χ3v) is 2.69. The van der Waals surface area contributed by atoms with Crippen LogP contribution in [0.3, 0.4) is 0 Å². The zero-order chi connectivity index (χ0) is 11.7. The van der Waals surface area contributed by atoms with Gasteiger partial charge in [-0.1, -0.05) is 11.6 Å². The molecular weight excluding hydrogens is 236 g/mol. The summed E-state index contributed by atoms with van der Waals surface area (Å²) >= 11 is 5.81. The first-order chi connectivity index (χ1) is 8.31. The molecule has 0 fully saturated rings. The van der Waals surface area contributed by atoms with Gasteiger partial charge >= 0.3 is 0 Å². The molecule has 1 N–H and O–H groups in total. The molecule has 0 aliphatic heterocycles. The van der Waals surface area contributed by atoms with E-state index < -0.39 is 0 Å². The molecule has 0 aliphatic rings. The van der Waals surface area contributed by atoms with Gasteiger partial charge in [-0.05, 0) is 36.4 Å². The number of imidazole rings is 1. The van der Waals surface area contributed by atoms with Crippen LogP contribution in [-0.2, 0) is 0 Å². The summed E-state index contributed by atoms with van der Waals surface area (Å²) in [4.78, 5) is 7.19. The van der Waals surface area contributed by atoms with Gasteiger partial charge in [-0.15, -0.1) is 0 Å². The Morgan fingerprint density at radius 2 is 1.76 bits per heavy atom. The van der Waals surface area contributed by atoms with Crippen LogP contribution in [0.4, 0.5) is 0 Å². The number of H-pyrrole nitrogens is 1. The van der Waals surface area contributed by atoms with E-state index in [-0.39, 0.29) is 0 Å². The fourth-order valence-electron chi connectivity index (χ4n) is 1.62. The van der Waals surface area contributed by atoms with E-state index in [1.807, 2.05) is 30.3 Å². The van der Waals surface area contributed by atoms with Gasteiger partial charge in [-0.3, -0.25) is 0 Å². The van der Waals surface area contributed by atoms with Crippen molar-refractivity contribution in [3.8, 4) is 11.5 Å². The van der Waals surface area contributed by atoms with Crippen molar-refractivity contribution in [3.05, 3.63) is 53.8 Å². The zero-order valence-corrected chi connectivity index (χ0v) is 9.61. The van der Waals surface area contributed by atoms with Gasteiger partial charge in [0.25, 0.3) is 0 Å². The third-order valence-electron chi connectivity index (χ3n) is 2.44. The predicted octanol–water partition coefficient (Wildman–Crippen LogP) is 4.01. The van der Waals surface area contributed by atoms with E-state index in [0.717, 1.165) is 22.5 Å². The molecule has 0 saturated heterocycles. The Hall–Kier alpha value is -2.00. The molecule has 0 spiro atoms. The van der Waals surface area contributed by atoms with Gasteiger partial charge in [-0.25, -0.2) is 4.98 Å². The van der Waals surface area contributed by atoms with Gasteiger partial charge in [0.2, 0.25) is 0 Å². The van der Waals surface area contributed by atoms with Crippen LogP contribution in [0.2, 0.25) is 5.02 Å².